The molecule has 1 aromatic carbocycles. The molecule has 6 nitrogen and oxygen atoms in total. The monoisotopic (exact) mass is 435 g/mol. The Balaban J connectivity index is 1.23. The van der Waals surface area contributed by atoms with Gasteiger partial charge in [-0.25, -0.2) is 15.0 Å². The van der Waals surface area contributed by atoms with Gasteiger partial charge in [0.05, 0.1) is 10.2 Å². The number of fused-ring (bicyclic) bond motifs is 1. The van der Waals surface area contributed by atoms with Gasteiger partial charge in [-0.15, -0.1) is 0 Å². The number of allylic oxidation sites excluding steroid dienone is 1. The fourth-order valence-corrected chi connectivity index (χ4v) is 5.32. The van der Waals surface area contributed by atoms with Gasteiger partial charge in [0.1, 0.15) is 6.10 Å². The zero-order valence-electron chi connectivity index (χ0n) is 18.0. The number of hydrogen-bond acceptors (Lipinski definition) is 7. The third-order valence-corrected chi connectivity index (χ3v) is 7.01. The number of benzene rings is 1. The van der Waals surface area contributed by atoms with E-state index in [9.17, 15) is 0 Å². The highest BCUT2D eigenvalue weighted by Gasteiger charge is 2.24. The summed E-state index contributed by atoms with van der Waals surface area (Å²) in [5.74, 6) is 1.25. The van der Waals surface area contributed by atoms with E-state index in [2.05, 4.69) is 57.6 Å². The number of para-hydroxylation sites is 1. The minimum Gasteiger partial charge on any atom is -0.467 e. The number of ether oxygens (including phenoxy) is 1. The summed E-state index contributed by atoms with van der Waals surface area (Å²) in [7, 11) is 0. The van der Waals surface area contributed by atoms with Crippen LogP contribution >= 0.6 is 11.3 Å². The van der Waals surface area contributed by atoms with Crippen LogP contribution in [0.3, 0.4) is 0 Å². The van der Waals surface area contributed by atoms with Crippen LogP contribution in [0.4, 0.5) is 5.95 Å². The first-order valence-electron chi connectivity index (χ1n) is 11.3. The van der Waals surface area contributed by atoms with E-state index < -0.39 is 0 Å². The Morgan fingerprint density at radius 1 is 1.16 bits per heavy atom. The molecule has 1 fully saturated rings. The molecule has 162 valence electrons. The van der Waals surface area contributed by atoms with Crippen molar-refractivity contribution in [3.05, 3.63) is 54.0 Å². The van der Waals surface area contributed by atoms with E-state index >= 15 is 0 Å². The number of nitrogens with one attached hydrogen (secondary N) is 1. The molecule has 0 radical (unpaired) electrons. The molecule has 5 rings (SSSR count). The minimum absolute atomic E-state index is 0.193. The molecule has 0 amide bonds. The lowest BCUT2D eigenvalue weighted by molar-refractivity contribution is 0.170. The molecule has 4 heterocycles. The zero-order chi connectivity index (χ0) is 21.0. The molecule has 1 atom stereocenters. The van der Waals surface area contributed by atoms with Crippen molar-refractivity contribution in [2.75, 3.05) is 24.5 Å². The van der Waals surface area contributed by atoms with Crippen LogP contribution in [0.2, 0.25) is 0 Å². The maximum atomic E-state index is 6.33. The van der Waals surface area contributed by atoms with Crippen molar-refractivity contribution in [3.63, 3.8) is 0 Å². The lowest BCUT2D eigenvalue weighted by Crippen LogP contribution is -2.39. The number of piperidine rings is 1. The summed E-state index contributed by atoms with van der Waals surface area (Å²) in [4.78, 5) is 16.3. The summed E-state index contributed by atoms with van der Waals surface area (Å²) >= 11 is 1.66. The highest BCUT2D eigenvalue weighted by molar-refractivity contribution is 7.20. The van der Waals surface area contributed by atoms with Gasteiger partial charge in [0.2, 0.25) is 5.95 Å². The third kappa shape index (κ3) is 4.51. The summed E-state index contributed by atoms with van der Waals surface area (Å²) in [5, 5.41) is 4.07. The van der Waals surface area contributed by atoms with Crippen molar-refractivity contribution in [3.8, 4) is 5.19 Å². The largest absolute Gasteiger partial charge is 0.467 e. The molecule has 2 aromatic heterocycles. The first-order valence-corrected chi connectivity index (χ1v) is 12.1. The minimum atomic E-state index is 0.193. The van der Waals surface area contributed by atoms with Crippen LogP contribution in [-0.4, -0.2) is 40.7 Å². The van der Waals surface area contributed by atoms with E-state index in [0.29, 0.717) is 5.92 Å². The maximum Gasteiger partial charge on any atom is 0.274 e. The molecule has 0 saturated carbocycles. The normalized spacial score (nSPS) is 19.5. The Bertz CT molecular complexity index is 1040. The number of aryl methyl sites for hydroxylation is 1. The number of rotatable bonds is 6. The first-order chi connectivity index (χ1) is 15.3. The van der Waals surface area contributed by atoms with E-state index in [4.69, 9.17) is 9.72 Å². The Hall–Kier alpha value is -2.67. The van der Waals surface area contributed by atoms with Crippen molar-refractivity contribution in [2.24, 2.45) is 0 Å². The molecule has 2 aliphatic heterocycles. The standard InChI is InChI=1S/C24H29N5OS/c1-2-4-17-15-26-23(27-16-17)29-13-9-19(10-14-29)30-24-28-22-20(5-3-6-21(22)31-24)18-7-11-25-12-8-18/h3,5-7,11,15-16,18-19,25H,2,4,8-10,12-14H2,1H3. The molecule has 3 aromatic rings. The van der Waals surface area contributed by atoms with Gasteiger partial charge in [-0.05, 0) is 36.2 Å². The Labute approximate surface area is 187 Å². The molecular formula is C24H29N5OS. The lowest BCUT2D eigenvalue weighted by atomic mass is 9.93. The topological polar surface area (TPSA) is 63.2 Å². The van der Waals surface area contributed by atoms with Crippen molar-refractivity contribution < 1.29 is 4.74 Å². The van der Waals surface area contributed by atoms with Gasteiger partial charge in [0.25, 0.3) is 5.19 Å². The lowest BCUT2D eigenvalue weighted by Gasteiger charge is -2.31. The highest BCUT2D eigenvalue weighted by atomic mass is 32.1. The summed E-state index contributed by atoms with van der Waals surface area (Å²) < 4.78 is 7.53. The number of aromatic nitrogens is 3. The van der Waals surface area contributed by atoms with Crippen LogP contribution in [0.5, 0.6) is 5.19 Å². The number of nitrogens with zero attached hydrogens (tertiary/aromatic N) is 4. The zero-order valence-corrected chi connectivity index (χ0v) is 18.8. The Morgan fingerprint density at radius 2 is 2.00 bits per heavy atom. The van der Waals surface area contributed by atoms with Crippen LogP contribution in [0.1, 0.15) is 49.7 Å². The smallest absolute Gasteiger partial charge is 0.274 e. The fourth-order valence-electron chi connectivity index (χ4n) is 4.41. The van der Waals surface area contributed by atoms with Gasteiger partial charge in [0, 0.05) is 50.8 Å². The van der Waals surface area contributed by atoms with Crippen LogP contribution < -0.4 is 15.0 Å². The SMILES string of the molecule is CCCc1cnc(N2CCC(Oc3nc4c(C5C=CNCC5)cccc4s3)CC2)nc1. The number of thiazole rings is 1. The van der Waals surface area contributed by atoms with E-state index in [1.165, 1.54) is 15.8 Å². The average Bonchev–Trinajstić information content (AvgIpc) is 3.23. The van der Waals surface area contributed by atoms with Crippen LogP contribution in [-0.2, 0) is 6.42 Å². The summed E-state index contributed by atoms with van der Waals surface area (Å²) in [6.07, 6.45) is 13.6. The summed E-state index contributed by atoms with van der Waals surface area (Å²) in [6, 6.07) is 6.49. The summed E-state index contributed by atoms with van der Waals surface area (Å²) in [6.45, 7) is 5.01. The van der Waals surface area contributed by atoms with Gasteiger partial charge in [-0.2, -0.15) is 0 Å². The van der Waals surface area contributed by atoms with Crippen LogP contribution in [0.25, 0.3) is 10.2 Å². The molecule has 1 N–H and O–H groups in total. The predicted molar refractivity (Wildman–Crippen MR) is 126 cm³/mol. The van der Waals surface area contributed by atoms with Gasteiger partial charge in [-0.1, -0.05) is 42.9 Å². The second kappa shape index (κ2) is 9.22. The molecule has 0 spiro atoms. The number of hydrogen-bond donors (Lipinski definition) is 1. The maximum absolute atomic E-state index is 6.33. The second-order valence-electron chi connectivity index (χ2n) is 8.33. The van der Waals surface area contributed by atoms with Gasteiger partial charge < -0.3 is 15.0 Å². The van der Waals surface area contributed by atoms with E-state index in [1.54, 1.807) is 11.3 Å². The highest BCUT2D eigenvalue weighted by Crippen LogP contribution is 2.36. The molecule has 7 heteroatoms. The predicted octanol–water partition coefficient (Wildman–Crippen LogP) is 4.68. The molecule has 0 aliphatic carbocycles. The van der Waals surface area contributed by atoms with Crippen LogP contribution in [0, 0.1) is 0 Å². The Morgan fingerprint density at radius 3 is 2.74 bits per heavy atom. The average molecular weight is 436 g/mol. The quantitative estimate of drug-likeness (QED) is 0.607. The van der Waals surface area contributed by atoms with Crippen LogP contribution in [0.15, 0.2) is 42.9 Å². The van der Waals surface area contributed by atoms with Crippen molar-refractivity contribution >= 4 is 27.5 Å². The third-order valence-electron chi connectivity index (χ3n) is 6.10. The van der Waals surface area contributed by atoms with Crippen molar-refractivity contribution in [2.45, 2.75) is 51.0 Å². The van der Waals surface area contributed by atoms with Crippen molar-refractivity contribution in [1.29, 1.82) is 0 Å². The van der Waals surface area contributed by atoms with E-state index in [1.807, 2.05) is 12.4 Å². The van der Waals surface area contributed by atoms with Crippen molar-refractivity contribution in [1.82, 2.24) is 20.3 Å². The second-order valence-corrected chi connectivity index (χ2v) is 9.32. The summed E-state index contributed by atoms with van der Waals surface area (Å²) in [5.41, 5.74) is 3.61. The first kappa shape index (κ1) is 20.2. The fraction of sp³-hybridized carbons (Fsp3) is 0.458. The van der Waals surface area contributed by atoms with E-state index in [0.717, 1.165) is 68.4 Å². The molecular weight excluding hydrogens is 406 g/mol. The number of anilines is 1. The molecule has 31 heavy (non-hydrogen) atoms. The van der Waals surface area contributed by atoms with E-state index in [-0.39, 0.29) is 6.10 Å². The molecule has 2 aliphatic rings. The van der Waals surface area contributed by atoms with Gasteiger partial charge in [0.15, 0.2) is 0 Å². The molecule has 0 bridgehead atoms. The van der Waals surface area contributed by atoms with Gasteiger partial charge >= 0.3 is 0 Å². The molecule has 1 unspecified atom stereocenters. The molecule has 1 saturated heterocycles. The van der Waals surface area contributed by atoms with Gasteiger partial charge in [-0.3, -0.25) is 0 Å². The Kier molecular flexibility index (Phi) is 6.02.